The number of rotatable bonds is 2. The van der Waals surface area contributed by atoms with Gasteiger partial charge in [-0.05, 0) is 13.3 Å². The summed E-state index contributed by atoms with van der Waals surface area (Å²) in [5.74, 6) is -10.2. The van der Waals surface area contributed by atoms with Gasteiger partial charge in [0.1, 0.15) is 5.67 Å². The first-order chi connectivity index (χ1) is 5.18. The van der Waals surface area contributed by atoms with Gasteiger partial charge in [0.15, 0.2) is 5.92 Å². The Labute approximate surface area is 66.8 Å². The van der Waals surface area contributed by atoms with E-state index in [1.807, 2.05) is 0 Å². The largest absolute Gasteiger partial charge is 0.326 e. The van der Waals surface area contributed by atoms with Crippen LogP contribution in [0.15, 0.2) is 0 Å². The van der Waals surface area contributed by atoms with Crippen molar-refractivity contribution in [2.45, 2.75) is 30.9 Å². The molecule has 0 amide bonds. The van der Waals surface area contributed by atoms with Crippen molar-refractivity contribution in [2.24, 2.45) is 0 Å². The number of hydrogen-bond acceptors (Lipinski definition) is 0. The zero-order chi connectivity index (χ0) is 9.78. The van der Waals surface area contributed by atoms with Gasteiger partial charge in [0, 0.05) is 0 Å². The summed E-state index contributed by atoms with van der Waals surface area (Å²) < 4.78 is 61.7. The summed E-state index contributed by atoms with van der Waals surface area (Å²) in [5.41, 5.74) is -2.67. The van der Waals surface area contributed by atoms with E-state index >= 15 is 0 Å². The molecule has 0 heterocycles. The van der Waals surface area contributed by atoms with E-state index in [-0.39, 0.29) is 0 Å². The maximum Gasteiger partial charge on any atom is 0.326 e. The maximum atomic E-state index is 12.9. The van der Waals surface area contributed by atoms with Crippen molar-refractivity contribution in [3.8, 4) is 0 Å². The molecule has 2 radical (unpaired) electrons. The van der Waals surface area contributed by atoms with E-state index < -0.39 is 29.9 Å². The molecule has 1 unspecified atom stereocenters. The summed E-state index contributed by atoms with van der Waals surface area (Å²) >= 11 is 0. The molecule has 0 aromatic heterocycles. The summed E-state index contributed by atoms with van der Waals surface area (Å²) in [5, 5.41) is 0. The van der Waals surface area contributed by atoms with Crippen LogP contribution in [0.5, 0.6) is 0 Å². The number of alkyl halides is 5. The van der Waals surface area contributed by atoms with E-state index in [0.717, 1.165) is 0 Å². The highest BCUT2D eigenvalue weighted by molar-refractivity contribution is 5.44. The lowest BCUT2D eigenvalue weighted by Gasteiger charge is -2.14. The first kappa shape index (κ1) is 9.74. The highest BCUT2D eigenvalue weighted by Crippen LogP contribution is 2.69. The molecule has 12 heavy (non-hydrogen) atoms. The van der Waals surface area contributed by atoms with Gasteiger partial charge >= 0.3 is 11.8 Å². The van der Waals surface area contributed by atoms with E-state index in [4.69, 9.17) is 0 Å². The second-order valence-corrected chi connectivity index (χ2v) is 2.97. The van der Waals surface area contributed by atoms with Crippen molar-refractivity contribution < 1.29 is 22.0 Å². The van der Waals surface area contributed by atoms with E-state index in [0.29, 0.717) is 6.92 Å². The molecule has 0 aliphatic heterocycles. The first-order valence-electron chi connectivity index (χ1n) is 3.30. The monoisotopic (exact) mass is 186 g/mol. The Kier molecular flexibility index (Phi) is 1.72. The molecule has 0 saturated heterocycles. The van der Waals surface area contributed by atoms with Gasteiger partial charge in [-0.3, -0.25) is 0 Å². The van der Waals surface area contributed by atoms with Crippen molar-refractivity contribution in [1.29, 1.82) is 0 Å². The third-order valence-electron chi connectivity index (χ3n) is 1.95. The molecule has 0 spiro atoms. The topological polar surface area (TPSA) is 0 Å². The maximum absolute atomic E-state index is 12.9. The van der Waals surface area contributed by atoms with Gasteiger partial charge in [0.25, 0.3) is 0 Å². The Hall–Kier alpha value is -0.350. The molecule has 1 aliphatic rings. The van der Waals surface area contributed by atoms with Gasteiger partial charge in [-0.2, -0.15) is 17.6 Å². The SMILES string of the molecule is [CH2]CC(C)(F)[C]1C(F)(F)C1(F)F. The third kappa shape index (κ3) is 0.944. The van der Waals surface area contributed by atoms with Crippen LogP contribution in [-0.4, -0.2) is 17.5 Å². The average molecular weight is 186 g/mol. The molecular formula is C7H7F5. The molecule has 1 rings (SSSR count). The summed E-state index contributed by atoms with van der Waals surface area (Å²) in [7, 11) is 0. The molecule has 0 N–H and O–H groups in total. The lowest BCUT2D eigenvalue weighted by molar-refractivity contribution is -0.0278. The van der Waals surface area contributed by atoms with E-state index in [1.165, 1.54) is 0 Å². The van der Waals surface area contributed by atoms with Crippen molar-refractivity contribution in [3.05, 3.63) is 12.8 Å². The van der Waals surface area contributed by atoms with Gasteiger partial charge in [-0.25, -0.2) is 4.39 Å². The zero-order valence-electron chi connectivity index (χ0n) is 6.30. The Morgan fingerprint density at radius 2 is 1.58 bits per heavy atom. The van der Waals surface area contributed by atoms with Crippen LogP contribution >= 0.6 is 0 Å². The third-order valence-corrected chi connectivity index (χ3v) is 1.95. The summed E-state index contributed by atoms with van der Waals surface area (Å²) in [6.07, 6.45) is -0.618. The molecule has 0 nitrogen and oxygen atoms in total. The summed E-state index contributed by atoms with van der Waals surface area (Å²) in [4.78, 5) is 0. The predicted molar refractivity (Wildman–Crippen MR) is 32.6 cm³/mol. The predicted octanol–water partition coefficient (Wildman–Crippen LogP) is 2.80. The van der Waals surface area contributed by atoms with Gasteiger partial charge in [0.05, 0.1) is 0 Å². The van der Waals surface area contributed by atoms with E-state index in [9.17, 15) is 22.0 Å². The Bertz CT molecular complexity index is 182. The normalized spacial score (nSPS) is 31.2. The second kappa shape index (κ2) is 2.12. The van der Waals surface area contributed by atoms with E-state index in [2.05, 4.69) is 6.92 Å². The summed E-state index contributed by atoms with van der Waals surface area (Å²) in [6.45, 7) is 3.67. The average Bonchev–Trinajstić information content (AvgIpc) is 2.25. The van der Waals surface area contributed by atoms with Crippen molar-refractivity contribution in [2.75, 3.05) is 0 Å². The first-order valence-corrected chi connectivity index (χ1v) is 3.30. The van der Waals surface area contributed by atoms with Crippen LogP contribution in [0.4, 0.5) is 22.0 Å². The second-order valence-electron chi connectivity index (χ2n) is 2.97. The number of halogens is 5. The van der Waals surface area contributed by atoms with Crippen LogP contribution < -0.4 is 0 Å². The molecule has 5 heteroatoms. The van der Waals surface area contributed by atoms with Crippen LogP contribution in [0.3, 0.4) is 0 Å². The fraction of sp³-hybridized carbons (Fsp3) is 0.714. The molecule has 70 valence electrons. The summed E-state index contributed by atoms with van der Waals surface area (Å²) in [6, 6.07) is 0. The molecular weight excluding hydrogens is 179 g/mol. The fourth-order valence-corrected chi connectivity index (χ4v) is 1.07. The van der Waals surface area contributed by atoms with E-state index in [1.54, 1.807) is 0 Å². The van der Waals surface area contributed by atoms with Gasteiger partial charge < -0.3 is 0 Å². The smallest absolute Gasteiger partial charge is 0.243 e. The molecule has 1 aliphatic carbocycles. The minimum Gasteiger partial charge on any atom is -0.243 e. The Morgan fingerprint density at radius 1 is 1.25 bits per heavy atom. The lowest BCUT2D eigenvalue weighted by Crippen LogP contribution is -2.22. The Morgan fingerprint density at radius 3 is 1.67 bits per heavy atom. The van der Waals surface area contributed by atoms with Crippen LogP contribution in [0.1, 0.15) is 13.3 Å². The molecule has 1 saturated carbocycles. The highest BCUT2D eigenvalue weighted by Gasteiger charge is 2.90. The number of hydrogen-bond donors (Lipinski definition) is 0. The van der Waals surface area contributed by atoms with Gasteiger partial charge in [-0.15, -0.1) is 0 Å². The minimum absolute atomic E-state index is 0.618. The van der Waals surface area contributed by atoms with Crippen molar-refractivity contribution in [1.82, 2.24) is 0 Å². The quantitative estimate of drug-likeness (QED) is 0.581. The van der Waals surface area contributed by atoms with Gasteiger partial charge in [0.2, 0.25) is 0 Å². The van der Waals surface area contributed by atoms with Gasteiger partial charge in [-0.1, -0.05) is 6.92 Å². The minimum atomic E-state index is -4.28. The highest BCUT2D eigenvalue weighted by atomic mass is 19.3. The van der Waals surface area contributed by atoms with Crippen LogP contribution in [0, 0.1) is 12.8 Å². The van der Waals surface area contributed by atoms with Crippen molar-refractivity contribution >= 4 is 0 Å². The molecule has 0 bridgehead atoms. The molecule has 0 aromatic rings. The lowest BCUT2D eigenvalue weighted by atomic mass is 9.99. The molecule has 1 atom stereocenters. The van der Waals surface area contributed by atoms with Crippen molar-refractivity contribution in [3.63, 3.8) is 0 Å². The molecule has 0 aromatic carbocycles. The molecule has 1 fully saturated rings. The van der Waals surface area contributed by atoms with Crippen LogP contribution in [0.2, 0.25) is 0 Å². The zero-order valence-corrected chi connectivity index (χ0v) is 6.30. The Balaban J connectivity index is 2.84. The standard InChI is InChI=1S/C7H7F5/c1-3-5(2,8)4-6(9,10)7(4,11)12/h1,3H2,2H3. The van der Waals surface area contributed by atoms with Crippen LogP contribution in [0.25, 0.3) is 0 Å². The van der Waals surface area contributed by atoms with Crippen LogP contribution in [-0.2, 0) is 0 Å². The fourth-order valence-electron chi connectivity index (χ4n) is 1.07.